The number of benzene rings is 1. The molecule has 3 rings (SSSR count). The predicted molar refractivity (Wildman–Crippen MR) is 59.3 cm³/mol. The van der Waals surface area contributed by atoms with Crippen molar-refractivity contribution in [3.63, 3.8) is 0 Å². The van der Waals surface area contributed by atoms with Crippen molar-refractivity contribution in [2.75, 3.05) is 0 Å². The highest BCUT2D eigenvalue weighted by molar-refractivity contribution is 5.55. The quantitative estimate of drug-likeness (QED) is 0.397. The molecule has 1 aromatic rings. The molecule has 1 fully saturated rings. The van der Waals surface area contributed by atoms with Crippen LogP contribution in [-0.4, -0.2) is 0 Å². The summed E-state index contributed by atoms with van der Waals surface area (Å²) in [6.07, 6.45) is 4.50. The van der Waals surface area contributed by atoms with Crippen molar-refractivity contribution in [3.8, 4) is 0 Å². The lowest BCUT2D eigenvalue weighted by atomic mass is 9.90. The summed E-state index contributed by atoms with van der Waals surface area (Å²) in [5.74, 6) is -6.59. The predicted octanol–water partition coefficient (Wildman–Crippen LogP) is 4.33. The lowest BCUT2D eigenvalue weighted by Crippen LogP contribution is -2.09. The molecule has 0 heterocycles. The maximum Gasteiger partial charge on any atom is 0.197 e. The van der Waals surface area contributed by atoms with Crippen LogP contribution in [0.15, 0.2) is 24.3 Å². The molecule has 0 N–H and O–H groups in total. The molecule has 0 radical (unpaired) electrons. The Morgan fingerprint density at radius 1 is 0.833 bits per heavy atom. The first-order valence-corrected chi connectivity index (χ1v) is 5.76. The van der Waals surface area contributed by atoms with Gasteiger partial charge >= 0.3 is 0 Å². The zero-order chi connectivity index (χ0) is 13.0. The van der Waals surface area contributed by atoms with E-state index in [1.165, 1.54) is 6.08 Å². The molecule has 0 nitrogen and oxygen atoms in total. The fourth-order valence-electron chi connectivity index (χ4n) is 3.25. The van der Waals surface area contributed by atoms with Crippen molar-refractivity contribution >= 4 is 0 Å². The van der Waals surface area contributed by atoms with Crippen molar-refractivity contribution in [2.24, 2.45) is 0 Å². The fraction of sp³-hybridized carbons (Fsp3) is 0.286. The Labute approximate surface area is 102 Å². The van der Waals surface area contributed by atoms with Gasteiger partial charge in [0.25, 0.3) is 0 Å². The molecular formula is C14H10F4. The van der Waals surface area contributed by atoms with Crippen LogP contribution in [0.5, 0.6) is 0 Å². The van der Waals surface area contributed by atoms with Gasteiger partial charge in [-0.15, -0.1) is 0 Å². The second-order valence-corrected chi connectivity index (χ2v) is 4.67. The second-order valence-electron chi connectivity index (χ2n) is 4.67. The lowest BCUT2D eigenvalue weighted by Gasteiger charge is -2.16. The summed E-state index contributed by atoms with van der Waals surface area (Å²) in [4.78, 5) is 0. The maximum absolute atomic E-state index is 13.8. The molecule has 2 aliphatic rings. The smallest absolute Gasteiger partial charge is 0.197 e. The van der Waals surface area contributed by atoms with Crippen LogP contribution in [0.1, 0.15) is 35.8 Å². The Kier molecular flexibility index (Phi) is 2.37. The van der Waals surface area contributed by atoms with Gasteiger partial charge in [0.1, 0.15) is 0 Å². The van der Waals surface area contributed by atoms with Gasteiger partial charge in [-0.05, 0) is 12.8 Å². The van der Waals surface area contributed by atoms with Gasteiger partial charge < -0.3 is 0 Å². The van der Waals surface area contributed by atoms with Crippen LogP contribution in [0, 0.1) is 23.3 Å². The van der Waals surface area contributed by atoms with Crippen molar-refractivity contribution in [3.05, 3.63) is 58.7 Å². The van der Waals surface area contributed by atoms with E-state index in [4.69, 9.17) is 0 Å². The molecule has 94 valence electrons. The van der Waals surface area contributed by atoms with Crippen LogP contribution in [0.4, 0.5) is 17.6 Å². The number of fused-ring (bicyclic) bond motifs is 5. The summed E-state index contributed by atoms with van der Waals surface area (Å²) in [6.45, 7) is 3.55. The van der Waals surface area contributed by atoms with Crippen molar-refractivity contribution in [2.45, 2.75) is 24.7 Å². The van der Waals surface area contributed by atoms with Crippen LogP contribution in [0.3, 0.4) is 0 Å². The van der Waals surface area contributed by atoms with Crippen LogP contribution >= 0.6 is 0 Å². The molecule has 0 spiro atoms. The average Bonchev–Trinajstić information content (AvgIpc) is 2.89. The minimum absolute atomic E-state index is 0.00394. The average molecular weight is 254 g/mol. The van der Waals surface area contributed by atoms with Gasteiger partial charge in [0.05, 0.1) is 0 Å². The van der Waals surface area contributed by atoms with Crippen LogP contribution < -0.4 is 0 Å². The molecule has 2 aliphatic carbocycles. The van der Waals surface area contributed by atoms with E-state index in [-0.39, 0.29) is 23.0 Å². The highest BCUT2D eigenvalue weighted by Gasteiger charge is 2.46. The van der Waals surface area contributed by atoms with E-state index < -0.39 is 23.3 Å². The van der Waals surface area contributed by atoms with E-state index in [0.29, 0.717) is 12.8 Å². The lowest BCUT2D eigenvalue weighted by molar-refractivity contribution is 0.394. The summed E-state index contributed by atoms with van der Waals surface area (Å²) in [6, 6.07) is 0. The first kappa shape index (κ1) is 11.5. The summed E-state index contributed by atoms with van der Waals surface area (Å²) in [5.41, 5.74) is 0.800. The van der Waals surface area contributed by atoms with Gasteiger partial charge in [-0.3, -0.25) is 0 Å². The zero-order valence-corrected chi connectivity index (χ0v) is 9.44. The van der Waals surface area contributed by atoms with Crippen molar-refractivity contribution in [1.82, 2.24) is 0 Å². The normalized spacial score (nSPS) is 24.3. The first-order chi connectivity index (χ1) is 8.57. The Hall–Kier alpha value is -1.58. The summed E-state index contributed by atoms with van der Waals surface area (Å²) >= 11 is 0. The van der Waals surface area contributed by atoms with E-state index in [2.05, 4.69) is 6.58 Å². The molecule has 2 atom stereocenters. The van der Waals surface area contributed by atoms with E-state index in [9.17, 15) is 17.6 Å². The number of hydrogen-bond donors (Lipinski definition) is 0. The third-order valence-corrected chi connectivity index (χ3v) is 3.90. The standard InChI is InChI=1S/C14H10F4/c1-2-3-6-7-4-5-8(6)10-9(7)11(15)13(17)14(18)12(10)16/h2-3,7-8H,1,4-5H2/t7-,8-/m0/s1. The highest BCUT2D eigenvalue weighted by Crippen LogP contribution is 2.58. The topological polar surface area (TPSA) is 0 Å². The largest absolute Gasteiger partial charge is 0.203 e. The zero-order valence-electron chi connectivity index (χ0n) is 9.44. The van der Waals surface area contributed by atoms with E-state index in [0.717, 1.165) is 5.57 Å². The summed E-state index contributed by atoms with van der Waals surface area (Å²) < 4.78 is 54.1. The Morgan fingerprint density at radius 2 is 1.28 bits per heavy atom. The fourth-order valence-corrected chi connectivity index (χ4v) is 3.25. The summed E-state index contributed by atoms with van der Waals surface area (Å²) in [5, 5.41) is 0. The van der Waals surface area contributed by atoms with Crippen LogP contribution in [-0.2, 0) is 0 Å². The number of allylic oxidation sites excluding steroid dienone is 3. The van der Waals surface area contributed by atoms with Crippen LogP contribution in [0.25, 0.3) is 0 Å². The molecule has 4 heteroatoms. The molecule has 0 saturated heterocycles. The Morgan fingerprint density at radius 3 is 1.67 bits per heavy atom. The second kappa shape index (κ2) is 3.70. The van der Waals surface area contributed by atoms with E-state index >= 15 is 0 Å². The van der Waals surface area contributed by atoms with Gasteiger partial charge in [0, 0.05) is 23.0 Å². The minimum Gasteiger partial charge on any atom is -0.203 e. The van der Waals surface area contributed by atoms with Gasteiger partial charge in [0.2, 0.25) is 0 Å². The molecule has 0 aromatic heterocycles. The summed E-state index contributed by atoms with van der Waals surface area (Å²) in [7, 11) is 0. The molecule has 1 saturated carbocycles. The highest BCUT2D eigenvalue weighted by atomic mass is 19.2. The number of rotatable bonds is 1. The Bertz CT molecular complexity index is 541. The molecular weight excluding hydrogens is 244 g/mol. The van der Waals surface area contributed by atoms with Crippen LogP contribution in [0.2, 0.25) is 0 Å². The van der Waals surface area contributed by atoms with E-state index in [1.54, 1.807) is 6.08 Å². The molecule has 0 amide bonds. The van der Waals surface area contributed by atoms with Crippen molar-refractivity contribution < 1.29 is 17.6 Å². The molecule has 0 aliphatic heterocycles. The number of hydrogen-bond acceptors (Lipinski definition) is 0. The van der Waals surface area contributed by atoms with E-state index in [1.807, 2.05) is 0 Å². The molecule has 2 bridgehead atoms. The van der Waals surface area contributed by atoms with Gasteiger partial charge in [-0.2, -0.15) is 0 Å². The molecule has 0 unspecified atom stereocenters. The molecule has 18 heavy (non-hydrogen) atoms. The third kappa shape index (κ3) is 1.21. The minimum atomic E-state index is -1.71. The Balaban J connectivity index is 2.32. The van der Waals surface area contributed by atoms with Gasteiger partial charge in [-0.1, -0.05) is 24.3 Å². The van der Waals surface area contributed by atoms with Crippen molar-refractivity contribution in [1.29, 1.82) is 0 Å². The first-order valence-electron chi connectivity index (χ1n) is 5.76. The number of halogens is 4. The SMILES string of the molecule is C=CC=C1[C@@H]2CC[C@@H]1c1c(F)c(F)c(F)c(F)c12. The molecule has 1 aromatic carbocycles. The third-order valence-electron chi connectivity index (χ3n) is 3.90. The van der Waals surface area contributed by atoms with Gasteiger partial charge in [0.15, 0.2) is 23.3 Å². The van der Waals surface area contributed by atoms with Gasteiger partial charge in [-0.25, -0.2) is 17.6 Å². The monoisotopic (exact) mass is 254 g/mol. The maximum atomic E-state index is 13.8.